The van der Waals surface area contributed by atoms with E-state index in [4.69, 9.17) is 0 Å². The van der Waals surface area contributed by atoms with Crippen LogP contribution in [0.2, 0.25) is 0 Å². The standard InChI is InChI=1S/C18H17N3O3S3/c1-12-16(26-18(19-12)21-27(2,23)24)17(22)20-14-10-6-7-11-15(14)25-13-8-4-3-5-9-13/h3-11H,1-2H3,(H,19,21)(H,20,22). The molecule has 3 rings (SSSR count). The second-order valence-corrected chi connectivity index (χ2v) is 9.54. The number of hydrogen-bond donors (Lipinski definition) is 2. The molecular weight excluding hydrogens is 402 g/mol. The number of rotatable bonds is 6. The summed E-state index contributed by atoms with van der Waals surface area (Å²) in [4.78, 5) is 19.1. The van der Waals surface area contributed by atoms with E-state index in [-0.39, 0.29) is 11.0 Å². The summed E-state index contributed by atoms with van der Waals surface area (Å²) in [6.07, 6.45) is 1.04. The summed E-state index contributed by atoms with van der Waals surface area (Å²) in [5.41, 5.74) is 1.15. The number of aromatic nitrogens is 1. The summed E-state index contributed by atoms with van der Waals surface area (Å²) in [6, 6.07) is 17.4. The second kappa shape index (κ2) is 8.12. The number of nitrogens with one attached hydrogen (secondary N) is 2. The van der Waals surface area contributed by atoms with Crippen LogP contribution in [-0.4, -0.2) is 25.6 Å². The van der Waals surface area contributed by atoms with Crippen molar-refractivity contribution in [1.29, 1.82) is 0 Å². The van der Waals surface area contributed by atoms with Crippen molar-refractivity contribution in [3.8, 4) is 0 Å². The van der Waals surface area contributed by atoms with Crippen LogP contribution < -0.4 is 10.0 Å². The maximum atomic E-state index is 12.7. The maximum absolute atomic E-state index is 12.7. The van der Waals surface area contributed by atoms with Crippen molar-refractivity contribution < 1.29 is 13.2 Å². The lowest BCUT2D eigenvalue weighted by molar-refractivity contribution is 0.102. The first kappa shape index (κ1) is 19.4. The largest absolute Gasteiger partial charge is 0.320 e. The topological polar surface area (TPSA) is 88.2 Å². The number of thiazole rings is 1. The van der Waals surface area contributed by atoms with Gasteiger partial charge < -0.3 is 5.32 Å². The maximum Gasteiger partial charge on any atom is 0.267 e. The third-order valence-electron chi connectivity index (χ3n) is 3.38. The van der Waals surface area contributed by atoms with E-state index in [9.17, 15) is 13.2 Å². The van der Waals surface area contributed by atoms with Gasteiger partial charge in [0.25, 0.3) is 5.91 Å². The molecule has 0 radical (unpaired) electrons. The van der Waals surface area contributed by atoms with Crippen molar-refractivity contribution in [2.45, 2.75) is 16.7 Å². The summed E-state index contributed by atoms with van der Waals surface area (Å²) in [7, 11) is -3.44. The Bertz CT molecular complexity index is 1060. The van der Waals surface area contributed by atoms with Crippen LogP contribution in [0.1, 0.15) is 15.4 Å². The molecule has 0 saturated heterocycles. The SMILES string of the molecule is Cc1nc(NS(C)(=O)=O)sc1C(=O)Nc1ccccc1Sc1ccccc1. The molecule has 9 heteroatoms. The number of benzene rings is 2. The Morgan fingerprint density at radius 2 is 1.74 bits per heavy atom. The molecule has 2 aromatic carbocycles. The lowest BCUT2D eigenvalue weighted by Crippen LogP contribution is -2.12. The third kappa shape index (κ3) is 5.31. The molecule has 1 heterocycles. The van der Waals surface area contributed by atoms with Crippen molar-refractivity contribution >= 4 is 49.8 Å². The number of hydrogen-bond acceptors (Lipinski definition) is 6. The van der Waals surface area contributed by atoms with Gasteiger partial charge in [-0.3, -0.25) is 9.52 Å². The fourth-order valence-corrected chi connectivity index (χ4v) is 4.88. The van der Waals surface area contributed by atoms with Crippen LogP contribution in [-0.2, 0) is 10.0 Å². The zero-order chi connectivity index (χ0) is 19.4. The summed E-state index contributed by atoms with van der Waals surface area (Å²) >= 11 is 2.55. The molecule has 0 saturated carbocycles. The van der Waals surface area contributed by atoms with Crippen LogP contribution in [0, 0.1) is 6.92 Å². The predicted octanol–water partition coefficient (Wildman–Crippen LogP) is 4.23. The van der Waals surface area contributed by atoms with Crippen molar-refractivity contribution in [1.82, 2.24) is 4.98 Å². The number of carbonyl (C=O) groups excluding carboxylic acids is 1. The highest BCUT2D eigenvalue weighted by Gasteiger charge is 2.18. The highest BCUT2D eigenvalue weighted by molar-refractivity contribution is 7.99. The molecular formula is C18H17N3O3S3. The van der Waals surface area contributed by atoms with Crippen LogP contribution in [0.25, 0.3) is 0 Å². The van der Waals surface area contributed by atoms with Crippen molar-refractivity contribution in [2.24, 2.45) is 0 Å². The zero-order valence-electron chi connectivity index (χ0n) is 14.6. The lowest BCUT2D eigenvalue weighted by Gasteiger charge is -2.10. The summed E-state index contributed by atoms with van der Waals surface area (Å²) in [6.45, 7) is 1.67. The first-order chi connectivity index (χ1) is 12.8. The van der Waals surface area contributed by atoms with E-state index < -0.39 is 10.0 Å². The molecule has 0 fully saturated rings. The van der Waals surface area contributed by atoms with Gasteiger partial charge in [0.05, 0.1) is 17.6 Å². The molecule has 1 amide bonds. The Morgan fingerprint density at radius 1 is 1.07 bits per heavy atom. The minimum Gasteiger partial charge on any atom is -0.320 e. The van der Waals surface area contributed by atoms with Crippen molar-refractivity contribution in [3.05, 3.63) is 65.2 Å². The van der Waals surface area contributed by atoms with Gasteiger partial charge in [-0.2, -0.15) is 0 Å². The fraction of sp³-hybridized carbons (Fsp3) is 0.111. The Kier molecular flexibility index (Phi) is 5.83. The highest BCUT2D eigenvalue weighted by Crippen LogP contribution is 2.34. The molecule has 0 aliphatic heterocycles. The van der Waals surface area contributed by atoms with Gasteiger partial charge in [-0.25, -0.2) is 13.4 Å². The molecule has 0 aliphatic carbocycles. The Hall–Kier alpha value is -2.36. The second-order valence-electron chi connectivity index (χ2n) is 5.67. The van der Waals surface area contributed by atoms with Gasteiger partial charge in [0.2, 0.25) is 10.0 Å². The van der Waals surface area contributed by atoms with Crippen LogP contribution in [0.15, 0.2) is 64.4 Å². The molecule has 2 N–H and O–H groups in total. The van der Waals surface area contributed by atoms with Crippen molar-refractivity contribution in [2.75, 3.05) is 16.3 Å². The normalized spacial score (nSPS) is 11.2. The minimum absolute atomic E-state index is 0.173. The van der Waals surface area contributed by atoms with Crippen LogP contribution >= 0.6 is 23.1 Å². The van der Waals surface area contributed by atoms with E-state index in [1.165, 1.54) is 0 Å². The molecule has 1 aromatic heterocycles. The highest BCUT2D eigenvalue weighted by atomic mass is 32.2. The fourth-order valence-electron chi connectivity index (χ4n) is 2.26. The molecule has 0 unspecified atom stereocenters. The number of para-hydroxylation sites is 1. The minimum atomic E-state index is -3.44. The molecule has 0 bridgehead atoms. The van der Waals surface area contributed by atoms with E-state index in [1.807, 2.05) is 54.6 Å². The van der Waals surface area contributed by atoms with Crippen LogP contribution in [0.3, 0.4) is 0 Å². The third-order valence-corrected chi connectivity index (χ3v) is 6.23. The average molecular weight is 420 g/mol. The molecule has 6 nitrogen and oxygen atoms in total. The molecule has 0 spiro atoms. The van der Waals surface area contributed by atoms with Crippen LogP contribution in [0.4, 0.5) is 10.8 Å². The molecule has 0 atom stereocenters. The van der Waals surface area contributed by atoms with Gasteiger partial charge in [0.15, 0.2) is 5.13 Å². The zero-order valence-corrected chi connectivity index (χ0v) is 17.0. The van der Waals surface area contributed by atoms with Gasteiger partial charge in [-0.15, -0.1) is 0 Å². The Morgan fingerprint density at radius 3 is 2.44 bits per heavy atom. The number of aryl methyl sites for hydroxylation is 1. The summed E-state index contributed by atoms with van der Waals surface area (Å²) in [5, 5.41) is 3.07. The Balaban J connectivity index is 1.81. The van der Waals surface area contributed by atoms with E-state index >= 15 is 0 Å². The van der Waals surface area contributed by atoms with Crippen LogP contribution in [0.5, 0.6) is 0 Å². The van der Waals surface area contributed by atoms with Gasteiger partial charge in [-0.05, 0) is 31.2 Å². The van der Waals surface area contributed by atoms with E-state index in [1.54, 1.807) is 18.7 Å². The van der Waals surface area contributed by atoms with E-state index in [0.717, 1.165) is 27.4 Å². The van der Waals surface area contributed by atoms with Gasteiger partial charge in [0.1, 0.15) is 4.88 Å². The smallest absolute Gasteiger partial charge is 0.267 e. The first-order valence-electron chi connectivity index (χ1n) is 7.90. The van der Waals surface area contributed by atoms with Gasteiger partial charge in [0, 0.05) is 9.79 Å². The van der Waals surface area contributed by atoms with E-state index in [2.05, 4.69) is 15.0 Å². The summed E-state index contributed by atoms with van der Waals surface area (Å²) < 4.78 is 25.0. The molecule has 27 heavy (non-hydrogen) atoms. The number of nitrogens with zero attached hydrogens (tertiary/aromatic N) is 1. The monoisotopic (exact) mass is 419 g/mol. The number of anilines is 2. The molecule has 140 valence electrons. The number of carbonyl (C=O) groups is 1. The van der Waals surface area contributed by atoms with Crippen molar-refractivity contribution in [3.63, 3.8) is 0 Å². The molecule has 0 aliphatic rings. The lowest BCUT2D eigenvalue weighted by atomic mass is 10.3. The van der Waals surface area contributed by atoms with Gasteiger partial charge >= 0.3 is 0 Å². The average Bonchev–Trinajstić information content (AvgIpc) is 2.96. The Labute approximate surface area is 166 Å². The predicted molar refractivity (Wildman–Crippen MR) is 110 cm³/mol. The molecule has 3 aromatic rings. The van der Waals surface area contributed by atoms with E-state index in [0.29, 0.717) is 16.3 Å². The first-order valence-corrected chi connectivity index (χ1v) is 11.4. The van der Waals surface area contributed by atoms with Gasteiger partial charge in [-0.1, -0.05) is 53.4 Å². The number of sulfonamides is 1. The quantitative estimate of drug-likeness (QED) is 0.624. The number of amides is 1. The summed E-state index contributed by atoms with van der Waals surface area (Å²) in [5.74, 6) is -0.326.